The average Bonchev–Trinajstić information content (AvgIpc) is 2.70. The Balaban J connectivity index is 2.19. The summed E-state index contributed by atoms with van der Waals surface area (Å²) in [7, 11) is 1.59. The number of aryl methyl sites for hydroxylation is 1. The van der Waals surface area contributed by atoms with E-state index in [2.05, 4.69) is 5.32 Å². The van der Waals surface area contributed by atoms with Crippen molar-refractivity contribution < 1.29 is 19.1 Å². The summed E-state index contributed by atoms with van der Waals surface area (Å²) in [4.78, 5) is 27.1. The van der Waals surface area contributed by atoms with Gasteiger partial charge in [-0.3, -0.25) is 9.59 Å². The van der Waals surface area contributed by atoms with Gasteiger partial charge in [-0.2, -0.15) is 0 Å². The van der Waals surface area contributed by atoms with Crippen molar-refractivity contribution in [3.63, 3.8) is 0 Å². The highest BCUT2D eigenvalue weighted by Crippen LogP contribution is 2.18. The van der Waals surface area contributed by atoms with Crippen LogP contribution in [0.2, 0.25) is 0 Å². The molecule has 156 valence electrons. The van der Waals surface area contributed by atoms with Crippen LogP contribution in [0.3, 0.4) is 0 Å². The monoisotopic (exact) mass is 398 g/mol. The molecule has 0 saturated heterocycles. The predicted molar refractivity (Wildman–Crippen MR) is 113 cm³/mol. The zero-order chi connectivity index (χ0) is 21.4. The number of methoxy groups -OCH3 is 1. The van der Waals surface area contributed by atoms with Crippen LogP contribution >= 0.6 is 0 Å². The lowest BCUT2D eigenvalue weighted by Gasteiger charge is -2.29. The predicted octanol–water partition coefficient (Wildman–Crippen LogP) is 3.32. The molecule has 2 aromatic carbocycles. The molecule has 1 unspecified atom stereocenters. The van der Waals surface area contributed by atoms with Gasteiger partial charge >= 0.3 is 0 Å². The van der Waals surface area contributed by atoms with Crippen LogP contribution in [0.4, 0.5) is 0 Å². The third-order valence-electron chi connectivity index (χ3n) is 4.53. The van der Waals surface area contributed by atoms with Crippen LogP contribution < -0.4 is 14.8 Å². The topological polar surface area (TPSA) is 67.9 Å². The lowest BCUT2D eigenvalue weighted by molar-refractivity contribution is -0.142. The minimum absolute atomic E-state index is 0.0121. The number of hydrogen-bond acceptors (Lipinski definition) is 4. The van der Waals surface area contributed by atoms with E-state index >= 15 is 0 Å². The number of para-hydroxylation sites is 1. The number of ether oxygens (including phenoxy) is 2. The molecule has 0 spiro atoms. The second-order valence-electron chi connectivity index (χ2n) is 7.27. The molecule has 1 atom stereocenters. The molecule has 0 aliphatic heterocycles. The Morgan fingerprint density at radius 2 is 1.79 bits per heavy atom. The highest BCUT2D eigenvalue weighted by molar-refractivity contribution is 5.88. The normalized spacial score (nSPS) is 11.7. The third-order valence-corrected chi connectivity index (χ3v) is 4.53. The van der Waals surface area contributed by atoms with Gasteiger partial charge in [-0.15, -0.1) is 0 Å². The number of nitrogens with one attached hydrogen (secondary N) is 1. The summed E-state index contributed by atoms with van der Waals surface area (Å²) in [5, 5.41) is 2.87. The maximum atomic E-state index is 13.0. The van der Waals surface area contributed by atoms with E-state index in [1.807, 2.05) is 69.3 Å². The van der Waals surface area contributed by atoms with Crippen molar-refractivity contribution in [3.05, 3.63) is 59.7 Å². The minimum atomic E-state index is -0.642. The van der Waals surface area contributed by atoms with Crippen LogP contribution in [0.5, 0.6) is 11.5 Å². The standard InChI is InChI=1S/C23H30N2O4/c1-16(2)24-23(27)18(4)25(14-19-10-8-11-20(13-19)28-5)22(26)15-29-21-12-7-6-9-17(21)3/h6-13,16,18H,14-15H2,1-5H3,(H,24,27). The molecular formula is C23H30N2O4. The van der Waals surface area contributed by atoms with E-state index in [0.29, 0.717) is 11.5 Å². The van der Waals surface area contributed by atoms with E-state index in [-0.39, 0.29) is 31.0 Å². The largest absolute Gasteiger partial charge is 0.497 e. The first kappa shape index (κ1) is 22.3. The SMILES string of the molecule is COc1cccc(CN(C(=O)COc2ccccc2C)C(C)C(=O)NC(C)C)c1. The third kappa shape index (κ3) is 6.52. The molecule has 2 aromatic rings. The highest BCUT2D eigenvalue weighted by Gasteiger charge is 2.27. The Bertz CT molecular complexity index is 835. The smallest absolute Gasteiger partial charge is 0.261 e. The van der Waals surface area contributed by atoms with Gasteiger partial charge in [0.2, 0.25) is 5.91 Å². The molecule has 0 aromatic heterocycles. The molecule has 2 amide bonds. The Hall–Kier alpha value is -3.02. The number of amides is 2. The summed E-state index contributed by atoms with van der Waals surface area (Å²) in [5.41, 5.74) is 1.82. The fourth-order valence-electron chi connectivity index (χ4n) is 2.90. The van der Waals surface area contributed by atoms with Gasteiger partial charge < -0.3 is 19.7 Å². The Kier molecular flexibility index (Phi) is 8.07. The van der Waals surface area contributed by atoms with Gasteiger partial charge in [-0.25, -0.2) is 0 Å². The van der Waals surface area contributed by atoms with Crippen LogP contribution in [0.15, 0.2) is 48.5 Å². The van der Waals surface area contributed by atoms with Gasteiger partial charge in [-0.1, -0.05) is 30.3 Å². The molecule has 29 heavy (non-hydrogen) atoms. The van der Waals surface area contributed by atoms with Crippen molar-refractivity contribution in [3.8, 4) is 11.5 Å². The summed E-state index contributed by atoms with van der Waals surface area (Å²) in [6.07, 6.45) is 0. The fourth-order valence-corrected chi connectivity index (χ4v) is 2.90. The van der Waals surface area contributed by atoms with E-state index < -0.39 is 6.04 Å². The summed E-state index contributed by atoms with van der Waals surface area (Å²) >= 11 is 0. The average molecular weight is 399 g/mol. The van der Waals surface area contributed by atoms with Gasteiger partial charge in [0.25, 0.3) is 5.91 Å². The molecule has 6 heteroatoms. The summed E-state index contributed by atoms with van der Waals surface area (Å²) in [6, 6.07) is 14.3. The van der Waals surface area contributed by atoms with Crippen molar-refractivity contribution in [1.82, 2.24) is 10.2 Å². The molecule has 0 aliphatic rings. The maximum absolute atomic E-state index is 13.0. The molecule has 6 nitrogen and oxygen atoms in total. The van der Waals surface area contributed by atoms with Crippen molar-refractivity contribution >= 4 is 11.8 Å². The number of carbonyl (C=O) groups is 2. The number of benzene rings is 2. The van der Waals surface area contributed by atoms with E-state index in [9.17, 15) is 9.59 Å². The molecule has 0 heterocycles. The number of carbonyl (C=O) groups excluding carboxylic acids is 2. The molecule has 0 saturated carbocycles. The van der Waals surface area contributed by atoms with Gasteiger partial charge in [0.15, 0.2) is 6.61 Å². The van der Waals surface area contributed by atoms with Crippen molar-refractivity contribution in [2.75, 3.05) is 13.7 Å². The lowest BCUT2D eigenvalue weighted by atomic mass is 10.1. The van der Waals surface area contributed by atoms with Gasteiger partial charge in [0, 0.05) is 12.6 Å². The highest BCUT2D eigenvalue weighted by atomic mass is 16.5. The van der Waals surface area contributed by atoms with E-state index in [4.69, 9.17) is 9.47 Å². The number of nitrogens with zero attached hydrogens (tertiary/aromatic N) is 1. The van der Waals surface area contributed by atoms with Crippen molar-refractivity contribution in [2.24, 2.45) is 0 Å². The van der Waals surface area contributed by atoms with Crippen molar-refractivity contribution in [2.45, 2.75) is 46.3 Å². The van der Waals surface area contributed by atoms with Gasteiger partial charge in [0.1, 0.15) is 17.5 Å². The van der Waals surface area contributed by atoms with Crippen LogP contribution in [0.25, 0.3) is 0 Å². The van der Waals surface area contributed by atoms with Crippen LogP contribution in [0.1, 0.15) is 31.9 Å². The van der Waals surface area contributed by atoms with Crippen LogP contribution in [-0.4, -0.2) is 42.5 Å². The Labute approximate surface area is 172 Å². The molecule has 2 rings (SSSR count). The minimum Gasteiger partial charge on any atom is -0.497 e. The second-order valence-corrected chi connectivity index (χ2v) is 7.27. The van der Waals surface area contributed by atoms with E-state index in [1.54, 1.807) is 14.0 Å². The number of rotatable bonds is 9. The summed E-state index contributed by atoms with van der Waals surface area (Å²) in [6.45, 7) is 7.56. The zero-order valence-electron chi connectivity index (χ0n) is 17.8. The molecule has 0 aliphatic carbocycles. The molecule has 0 bridgehead atoms. The molecule has 0 fully saturated rings. The fraction of sp³-hybridized carbons (Fsp3) is 0.391. The quantitative estimate of drug-likeness (QED) is 0.704. The summed E-state index contributed by atoms with van der Waals surface area (Å²) in [5.74, 6) is 0.890. The van der Waals surface area contributed by atoms with Crippen LogP contribution in [0, 0.1) is 6.92 Å². The number of hydrogen-bond donors (Lipinski definition) is 1. The first-order valence-electron chi connectivity index (χ1n) is 9.73. The van der Waals surface area contributed by atoms with Gasteiger partial charge in [0.05, 0.1) is 7.11 Å². The summed E-state index contributed by atoms with van der Waals surface area (Å²) < 4.78 is 11.0. The van der Waals surface area contributed by atoms with Gasteiger partial charge in [-0.05, 0) is 57.0 Å². The second kappa shape index (κ2) is 10.5. The van der Waals surface area contributed by atoms with E-state index in [0.717, 1.165) is 11.1 Å². The first-order chi connectivity index (χ1) is 13.8. The zero-order valence-corrected chi connectivity index (χ0v) is 17.8. The van der Waals surface area contributed by atoms with E-state index in [1.165, 1.54) is 4.90 Å². The Morgan fingerprint density at radius 3 is 2.45 bits per heavy atom. The lowest BCUT2D eigenvalue weighted by Crippen LogP contribution is -2.50. The van der Waals surface area contributed by atoms with Crippen molar-refractivity contribution in [1.29, 1.82) is 0 Å². The molecule has 1 N–H and O–H groups in total. The molecule has 0 radical (unpaired) electrons. The maximum Gasteiger partial charge on any atom is 0.261 e. The van der Waals surface area contributed by atoms with Crippen LogP contribution in [-0.2, 0) is 16.1 Å². The Morgan fingerprint density at radius 1 is 1.07 bits per heavy atom. The molecular weight excluding hydrogens is 368 g/mol. The first-order valence-corrected chi connectivity index (χ1v) is 9.73.